The van der Waals surface area contributed by atoms with Crippen molar-refractivity contribution >= 4 is 17.2 Å². The average Bonchev–Trinajstić information content (AvgIpc) is 3.06. The number of amides is 1. The number of nitrogens with zero attached hydrogens (tertiary/aromatic N) is 3. The fourth-order valence-electron chi connectivity index (χ4n) is 3.24. The number of aryl methyl sites for hydroxylation is 1. The lowest BCUT2D eigenvalue weighted by molar-refractivity contribution is -0.131. The second kappa shape index (κ2) is 6.48. The van der Waals surface area contributed by atoms with Crippen LogP contribution >= 0.6 is 11.3 Å². The minimum absolute atomic E-state index is 0.220. The number of aromatic nitrogens is 2. The van der Waals surface area contributed by atoms with Crippen molar-refractivity contribution in [2.24, 2.45) is 5.92 Å². The summed E-state index contributed by atoms with van der Waals surface area (Å²) in [6.45, 7) is 11.0. The standard InChI is InChI=1S/C18H25N3OS/c1-12(2)10-21-14(4)16(13(3)19-21)9-18(22)20-7-5-17-15(11-20)6-8-23-17/h6,8,12H,5,7,9-11H2,1-4H3. The van der Waals surface area contributed by atoms with Crippen molar-refractivity contribution in [2.75, 3.05) is 6.54 Å². The maximum atomic E-state index is 12.7. The maximum absolute atomic E-state index is 12.7. The van der Waals surface area contributed by atoms with Crippen LogP contribution in [0.4, 0.5) is 0 Å². The fourth-order valence-corrected chi connectivity index (χ4v) is 4.13. The third kappa shape index (κ3) is 3.34. The van der Waals surface area contributed by atoms with Crippen LogP contribution in [0.25, 0.3) is 0 Å². The number of hydrogen-bond donors (Lipinski definition) is 0. The Bertz CT molecular complexity index is 714. The van der Waals surface area contributed by atoms with E-state index in [1.165, 1.54) is 10.4 Å². The van der Waals surface area contributed by atoms with Gasteiger partial charge >= 0.3 is 0 Å². The van der Waals surface area contributed by atoms with Crippen LogP contribution in [0, 0.1) is 19.8 Å². The molecule has 1 amide bonds. The molecule has 2 aromatic heterocycles. The van der Waals surface area contributed by atoms with Gasteiger partial charge in [0.2, 0.25) is 5.91 Å². The Morgan fingerprint density at radius 2 is 2.17 bits per heavy atom. The summed E-state index contributed by atoms with van der Waals surface area (Å²) in [4.78, 5) is 16.2. The van der Waals surface area contributed by atoms with Gasteiger partial charge in [-0.25, -0.2) is 0 Å². The third-order valence-electron chi connectivity index (χ3n) is 4.56. The van der Waals surface area contributed by atoms with Crippen LogP contribution in [-0.4, -0.2) is 27.1 Å². The highest BCUT2D eigenvalue weighted by Gasteiger charge is 2.23. The van der Waals surface area contributed by atoms with Gasteiger partial charge in [-0.05, 0) is 43.2 Å². The zero-order valence-electron chi connectivity index (χ0n) is 14.4. The average molecular weight is 331 g/mol. The topological polar surface area (TPSA) is 38.1 Å². The molecule has 1 aliphatic heterocycles. The van der Waals surface area contributed by atoms with Crippen LogP contribution in [-0.2, 0) is 30.7 Å². The Hall–Kier alpha value is -1.62. The molecular weight excluding hydrogens is 306 g/mol. The molecule has 0 bridgehead atoms. The summed E-state index contributed by atoms with van der Waals surface area (Å²) in [5.41, 5.74) is 4.55. The largest absolute Gasteiger partial charge is 0.338 e. The van der Waals surface area contributed by atoms with Gasteiger partial charge < -0.3 is 4.90 Å². The Labute approximate surface area is 142 Å². The Kier molecular flexibility index (Phi) is 4.57. The van der Waals surface area contributed by atoms with Crippen LogP contribution in [0.2, 0.25) is 0 Å². The highest BCUT2D eigenvalue weighted by molar-refractivity contribution is 7.10. The van der Waals surface area contributed by atoms with E-state index in [4.69, 9.17) is 0 Å². The fraction of sp³-hybridized carbons (Fsp3) is 0.556. The summed E-state index contributed by atoms with van der Waals surface area (Å²) >= 11 is 1.81. The zero-order chi connectivity index (χ0) is 16.6. The van der Waals surface area contributed by atoms with Gasteiger partial charge in [0.25, 0.3) is 0 Å². The lowest BCUT2D eigenvalue weighted by Gasteiger charge is -2.27. The molecule has 0 aromatic carbocycles. The quantitative estimate of drug-likeness (QED) is 0.862. The first kappa shape index (κ1) is 16.2. The van der Waals surface area contributed by atoms with Crippen molar-refractivity contribution in [2.45, 2.75) is 53.6 Å². The van der Waals surface area contributed by atoms with Crippen molar-refractivity contribution in [3.05, 3.63) is 38.8 Å². The number of carbonyl (C=O) groups excluding carboxylic acids is 1. The molecule has 5 heteroatoms. The summed E-state index contributed by atoms with van der Waals surface area (Å²) in [5.74, 6) is 0.771. The number of hydrogen-bond acceptors (Lipinski definition) is 3. The van der Waals surface area contributed by atoms with E-state index in [0.717, 1.165) is 43.0 Å². The van der Waals surface area contributed by atoms with Crippen molar-refractivity contribution in [1.29, 1.82) is 0 Å². The number of rotatable bonds is 4. The monoisotopic (exact) mass is 331 g/mol. The maximum Gasteiger partial charge on any atom is 0.227 e. The van der Waals surface area contributed by atoms with Gasteiger partial charge in [0.15, 0.2) is 0 Å². The van der Waals surface area contributed by atoms with E-state index in [1.807, 2.05) is 11.8 Å². The van der Waals surface area contributed by atoms with E-state index in [1.54, 1.807) is 11.3 Å². The van der Waals surface area contributed by atoms with Crippen LogP contribution < -0.4 is 0 Å². The molecule has 0 saturated carbocycles. The molecule has 0 spiro atoms. The predicted octanol–water partition coefficient (Wildman–Crippen LogP) is 3.34. The lowest BCUT2D eigenvalue weighted by atomic mass is 10.1. The van der Waals surface area contributed by atoms with E-state index >= 15 is 0 Å². The summed E-state index contributed by atoms with van der Waals surface area (Å²) in [5, 5.41) is 6.75. The summed E-state index contributed by atoms with van der Waals surface area (Å²) in [6.07, 6.45) is 1.46. The molecule has 0 unspecified atom stereocenters. The smallest absolute Gasteiger partial charge is 0.227 e. The number of thiophene rings is 1. The van der Waals surface area contributed by atoms with Crippen molar-refractivity contribution in [3.8, 4) is 0 Å². The van der Waals surface area contributed by atoms with E-state index in [-0.39, 0.29) is 5.91 Å². The molecule has 0 N–H and O–H groups in total. The van der Waals surface area contributed by atoms with Gasteiger partial charge in [0.05, 0.1) is 12.1 Å². The van der Waals surface area contributed by atoms with Gasteiger partial charge in [-0.15, -0.1) is 11.3 Å². The number of fused-ring (bicyclic) bond motifs is 1. The Morgan fingerprint density at radius 3 is 2.91 bits per heavy atom. The molecule has 0 saturated heterocycles. The SMILES string of the molecule is Cc1nn(CC(C)C)c(C)c1CC(=O)N1CCc2sccc2C1. The molecule has 0 radical (unpaired) electrons. The molecule has 124 valence electrons. The zero-order valence-corrected chi connectivity index (χ0v) is 15.2. The number of carbonyl (C=O) groups is 1. The predicted molar refractivity (Wildman–Crippen MR) is 93.7 cm³/mol. The second-order valence-electron chi connectivity index (χ2n) is 6.84. The van der Waals surface area contributed by atoms with Gasteiger partial charge in [-0.1, -0.05) is 13.8 Å². The molecular formula is C18H25N3OS. The van der Waals surface area contributed by atoms with Crippen LogP contribution in [0.1, 0.15) is 41.2 Å². The summed E-state index contributed by atoms with van der Waals surface area (Å²) in [7, 11) is 0. The molecule has 2 aromatic rings. The molecule has 4 nitrogen and oxygen atoms in total. The normalized spacial score (nSPS) is 14.4. The Morgan fingerprint density at radius 1 is 1.39 bits per heavy atom. The molecule has 0 aliphatic carbocycles. The molecule has 0 fully saturated rings. The first-order chi connectivity index (χ1) is 11.0. The van der Waals surface area contributed by atoms with Gasteiger partial charge in [-0.2, -0.15) is 5.10 Å². The second-order valence-corrected chi connectivity index (χ2v) is 7.84. The van der Waals surface area contributed by atoms with E-state index in [0.29, 0.717) is 12.3 Å². The highest BCUT2D eigenvalue weighted by atomic mass is 32.1. The van der Waals surface area contributed by atoms with Crippen molar-refractivity contribution < 1.29 is 4.79 Å². The van der Waals surface area contributed by atoms with Crippen LogP contribution in [0.15, 0.2) is 11.4 Å². The van der Waals surface area contributed by atoms with Gasteiger partial charge in [-0.3, -0.25) is 9.48 Å². The van der Waals surface area contributed by atoms with Gasteiger partial charge in [0, 0.05) is 35.8 Å². The minimum Gasteiger partial charge on any atom is -0.338 e. The molecule has 23 heavy (non-hydrogen) atoms. The first-order valence-corrected chi connectivity index (χ1v) is 9.19. The first-order valence-electron chi connectivity index (χ1n) is 8.31. The van der Waals surface area contributed by atoms with E-state index in [2.05, 4.69) is 42.0 Å². The molecule has 3 heterocycles. The molecule has 3 rings (SSSR count). The van der Waals surface area contributed by atoms with Crippen LogP contribution in [0.3, 0.4) is 0 Å². The summed E-state index contributed by atoms with van der Waals surface area (Å²) in [6, 6.07) is 2.15. The van der Waals surface area contributed by atoms with Crippen molar-refractivity contribution in [3.63, 3.8) is 0 Å². The van der Waals surface area contributed by atoms with Crippen LogP contribution in [0.5, 0.6) is 0 Å². The summed E-state index contributed by atoms with van der Waals surface area (Å²) < 4.78 is 2.05. The third-order valence-corrected chi connectivity index (χ3v) is 5.58. The Balaban J connectivity index is 1.72. The van der Waals surface area contributed by atoms with E-state index < -0.39 is 0 Å². The molecule has 0 atom stereocenters. The van der Waals surface area contributed by atoms with Gasteiger partial charge in [0.1, 0.15) is 0 Å². The lowest BCUT2D eigenvalue weighted by Crippen LogP contribution is -2.36. The minimum atomic E-state index is 0.220. The molecule has 1 aliphatic rings. The van der Waals surface area contributed by atoms with Crippen molar-refractivity contribution in [1.82, 2.24) is 14.7 Å². The highest BCUT2D eigenvalue weighted by Crippen LogP contribution is 2.25. The van der Waals surface area contributed by atoms with E-state index in [9.17, 15) is 4.79 Å².